The maximum Gasteiger partial charge on any atom is 0.271 e. The molecule has 0 aliphatic rings. The number of sulfone groups is 1. The first-order valence-electron chi connectivity index (χ1n) is 7.36. The zero-order chi connectivity index (χ0) is 19.5. The van der Waals surface area contributed by atoms with Crippen molar-refractivity contribution < 1.29 is 18.1 Å². The topological polar surface area (TPSA) is 121 Å². The molecular weight excluding hydrogens is 358 g/mol. The van der Waals surface area contributed by atoms with E-state index >= 15 is 0 Å². The van der Waals surface area contributed by atoms with E-state index in [0.29, 0.717) is 11.1 Å². The molecule has 0 radical (unpaired) electrons. The lowest BCUT2D eigenvalue weighted by molar-refractivity contribution is -0.385. The van der Waals surface area contributed by atoms with Crippen molar-refractivity contribution in [3.63, 3.8) is 0 Å². The van der Waals surface area contributed by atoms with Gasteiger partial charge in [-0.25, -0.2) is 8.42 Å². The quantitative estimate of drug-likeness (QED) is 0.585. The van der Waals surface area contributed by atoms with Crippen LogP contribution in [0.25, 0.3) is 0 Å². The van der Waals surface area contributed by atoms with E-state index in [-0.39, 0.29) is 17.0 Å². The maximum atomic E-state index is 12.6. The van der Waals surface area contributed by atoms with Crippen LogP contribution in [0.3, 0.4) is 0 Å². The van der Waals surface area contributed by atoms with Crippen LogP contribution in [-0.4, -0.2) is 37.5 Å². The predicted molar refractivity (Wildman–Crippen MR) is 93.2 cm³/mol. The second-order valence-corrected chi connectivity index (χ2v) is 7.73. The van der Waals surface area contributed by atoms with Gasteiger partial charge >= 0.3 is 0 Å². The molecule has 0 aliphatic carbocycles. The summed E-state index contributed by atoms with van der Waals surface area (Å²) in [5, 5.41) is 20.0. The average molecular weight is 373 g/mol. The van der Waals surface area contributed by atoms with E-state index in [4.69, 9.17) is 5.26 Å². The first-order valence-corrected chi connectivity index (χ1v) is 9.25. The van der Waals surface area contributed by atoms with Crippen molar-refractivity contribution in [1.82, 2.24) is 4.90 Å². The molecule has 9 heteroatoms. The molecule has 0 fully saturated rings. The summed E-state index contributed by atoms with van der Waals surface area (Å²) >= 11 is 0. The van der Waals surface area contributed by atoms with Crippen LogP contribution in [-0.2, 0) is 16.4 Å². The predicted octanol–water partition coefficient (Wildman–Crippen LogP) is 2.14. The molecule has 0 saturated heterocycles. The first-order chi connectivity index (χ1) is 12.1. The van der Waals surface area contributed by atoms with Crippen LogP contribution in [0.5, 0.6) is 0 Å². The summed E-state index contributed by atoms with van der Waals surface area (Å²) in [5.41, 5.74) is 0.571. The van der Waals surface area contributed by atoms with Crippen molar-refractivity contribution in [3.8, 4) is 6.07 Å². The average Bonchev–Trinajstić information content (AvgIpc) is 2.59. The SMILES string of the molecule is CN(Cc1cccc(C#N)c1)C(=O)c1cc([N+](=O)[O-])cc(S(C)(=O)=O)c1. The Bertz CT molecular complexity index is 1020. The van der Waals surface area contributed by atoms with Gasteiger partial charge in [0.25, 0.3) is 11.6 Å². The van der Waals surface area contributed by atoms with Crippen LogP contribution in [0.4, 0.5) is 5.69 Å². The largest absolute Gasteiger partial charge is 0.337 e. The normalized spacial score (nSPS) is 10.8. The van der Waals surface area contributed by atoms with Gasteiger partial charge in [-0.15, -0.1) is 0 Å². The molecule has 0 bridgehead atoms. The van der Waals surface area contributed by atoms with Crippen LogP contribution >= 0.6 is 0 Å². The van der Waals surface area contributed by atoms with E-state index in [2.05, 4.69) is 0 Å². The highest BCUT2D eigenvalue weighted by molar-refractivity contribution is 7.90. The molecule has 2 aromatic carbocycles. The number of hydrogen-bond acceptors (Lipinski definition) is 6. The molecule has 0 saturated carbocycles. The van der Waals surface area contributed by atoms with Gasteiger partial charge in [0.1, 0.15) is 0 Å². The van der Waals surface area contributed by atoms with Crippen LogP contribution < -0.4 is 0 Å². The second-order valence-electron chi connectivity index (χ2n) is 5.72. The number of amides is 1. The fourth-order valence-corrected chi connectivity index (χ4v) is 3.01. The van der Waals surface area contributed by atoms with Crippen molar-refractivity contribution in [2.45, 2.75) is 11.4 Å². The minimum Gasteiger partial charge on any atom is -0.337 e. The van der Waals surface area contributed by atoms with E-state index in [1.54, 1.807) is 24.3 Å². The van der Waals surface area contributed by atoms with Crippen LogP contribution in [0.2, 0.25) is 0 Å². The molecule has 0 aliphatic heterocycles. The third-order valence-electron chi connectivity index (χ3n) is 3.60. The van der Waals surface area contributed by atoms with Gasteiger partial charge in [-0.2, -0.15) is 5.26 Å². The molecule has 0 atom stereocenters. The van der Waals surface area contributed by atoms with Crippen LogP contribution in [0.15, 0.2) is 47.4 Å². The van der Waals surface area contributed by atoms with Crippen molar-refractivity contribution >= 4 is 21.4 Å². The second kappa shape index (κ2) is 7.33. The Kier molecular flexibility index (Phi) is 5.38. The Morgan fingerprint density at radius 1 is 1.27 bits per heavy atom. The zero-order valence-electron chi connectivity index (χ0n) is 14.0. The molecule has 2 rings (SSSR count). The number of nitro groups is 1. The summed E-state index contributed by atoms with van der Waals surface area (Å²) in [7, 11) is -2.23. The number of nitrogens with zero attached hydrogens (tertiary/aromatic N) is 3. The summed E-state index contributed by atoms with van der Waals surface area (Å²) in [6.45, 7) is 0.158. The Morgan fingerprint density at radius 3 is 2.54 bits per heavy atom. The molecule has 0 unspecified atom stereocenters. The molecule has 8 nitrogen and oxygen atoms in total. The lowest BCUT2D eigenvalue weighted by Gasteiger charge is -2.18. The third-order valence-corrected chi connectivity index (χ3v) is 4.69. The minimum absolute atomic E-state index is 0.0986. The third kappa shape index (κ3) is 4.43. The van der Waals surface area contributed by atoms with Crippen LogP contribution in [0, 0.1) is 21.4 Å². The summed E-state index contributed by atoms with van der Waals surface area (Å²) in [6, 6.07) is 11.7. The number of rotatable bonds is 5. The lowest BCUT2D eigenvalue weighted by Crippen LogP contribution is -2.26. The van der Waals surface area contributed by atoms with Crippen molar-refractivity contribution in [2.75, 3.05) is 13.3 Å². The van der Waals surface area contributed by atoms with Gasteiger partial charge in [0.2, 0.25) is 0 Å². The number of hydrogen-bond donors (Lipinski definition) is 0. The molecular formula is C17H15N3O5S. The fraction of sp³-hybridized carbons (Fsp3) is 0.176. The minimum atomic E-state index is -3.72. The van der Waals surface area contributed by atoms with Gasteiger partial charge in [-0.3, -0.25) is 14.9 Å². The summed E-state index contributed by atoms with van der Waals surface area (Å²) in [5.74, 6) is -0.569. The number of benzene rings is 2. The number of carbonyl (C=O) groups excluding carboxylic acids is 1. The summed E-state index contributed by atoms with van der Waals surface area (Å²) < 4.78 is 23.5. The van der Waals surface area contributed by atoms with Gasteiger partial charge in [0, 0.05) is 37.5 Å². The Hall–Kier alpha value is -3.25. The first kappa shape index (κ1) is 19.1. The fourth-order valence-electron chi connectivity index (χ4n) is 2.33. The van der Waals surface area contributed by atoms with Crippen molar-refractivity contribution in [1.29, 1.82) is 5.26 Å². The molecule has 0 heterocycles. The molecule has 0 spiro atoms. The van der Waals surface area contributed by atoms with E-state index in [9.17, 15) is 23.3 Å². The number of nitriles is 1. The molecule has 1 amide bonds. The van der Waals surface area contributed by atoms with E-state index < -0.39 is 26.4 Å². The zero-order valence-corrected chi connectivity index (χ0v) is 14.9. The van der Waals surface area contributed by atoms with E-state index in [1.807, 2.05) is 6.07 Å². The molecule has 134 valence electrons. The highest BCUT2D eigenvalue weighted by atomic mass is 32.2. The van der Waals surface area contributed by atoms with Crippen molar-refractivity contribution in [2.24, 2.45) is 0 Å². The highest BCUT2D eigenvalue weighted by Crippen LogP contribution is 2.22. The highest BCUT2D eigenvalue weighted by Gasteiger charge is 2.21. The monoisotopic (exact) mass is 373 g/mol. The Morgan fingerprint density at radius 2 is 1.96 bits per heavy atom. The summed E-state index contributed by atoms with van der Waals surface area (Å²) in [6.07, 6.45) is 0.914. The number of non-ortho nitro benzene ring substituents is 1. The molecule has 0 N–H and O–H groups in total. The Balaban J connectivity index is 2.37. The van der Waals surface area contributed by atoms with Crippen LogP contribution in [0.1, 0.15) is 21.5 Å². The smallest absolute Gasteiger partial charge is 0.271 e. The number of nitro benzene ring substituents is 1. The maximum absolute atomic E-state index is 12.6. The molecule has 2 aromatic rings. The molecule has 26 heavy (non-hydrogen) atoms. The number of carbonyl (C=O) groups is 1. The van der Waals surface area contributed by atoms with Gasteiger partial charge in [0.15, 0.2) is 9.84 Å². The van der Waals surface area contributed by atoms with Gasteiger partial charge in [-0.1, -0.05) is 12.1 Å². The Labute approximate surface area is 150 Å². The van der Waals surface area contributed by atoms with Crippen molar-refractivity contribution in [3.05, 3.63) is 69.3 Å². The lowest BCUT2D eigenvalue weighted by atomic mass is 10.1. The standard InChI is InChI=1S/C17H15N3O5S/c1-19(11-13-5-3-4-12(6-13)10-18)17(21)14-7-15(20(22)23)9-16(8-14)26(2,24)25/h3-9H,11H2,1-2H3. The van der Waals surface area contributed by atoms with Gasteiger partial charge in [-0.05, 0) is 23.8 Å². The summed E-state index contributed by atoms with van der Waals surface area (Å²) in [4.78, 5) is 23.9. The van der Waals surface area contributed by atoms with E-state index in [1.165, 1.54) is 11.9 Å². The van der Waals surface area contributed by atoms with Gasteiger partial charge in [0.05, 0.1) is 21.5 Å². The van der Waals surface area contributed by atoms with E-state index in [0.717, 1.165) is 24.5 Å². The molecule has 0 aromatic heterocycles. The van der Waals surface area contributed by atoms with Gasteiger partial charge < -0.3 is 4.90 Å².